The Morgan fingerprint density at radius 2 is 2.05 bits per heavy atom. The molecule has 0 spiro atoms. The molecule has 1 N–H and O–H groups in total. The number of unbranched alkanes of at least 4 members (excludes halogenated alkanes) is 1. The molecule has 19 heavy (non-hydrogen) atoms. The van der Waals surface area contributed by atoms with Crippen LogP contribution in [0, 0.1) is 13.8 Å². The second-order valence-electron chi connectivity index (χ2n) is 4.91. The fraction of sp³-hybridized carbons (Fsp3) is 0.714. The summed E-state index contributed by atoms with van der Waals surface area (Å²) in [7, 11) is 1.82. The summed E-state index contributed by atoms with van der Waals surface area (Å²) in [5, 5.41) is 7.40. The van der Waals surface area contributed by atoms with E-state index in [1.165, 1.54) is 0 Å². The number of carbonyl (C=O) groups is 1. The number of carbonyl (C=O) groups excluding carboxylic acids is 1. The summed E-state index contributed by atoms with van der Waals surface area (Å²) in [4.78, 5) is 13.6. The summed E-state index contributed by atoms with van der Waals surface area (Å²) in [6, 6.07) is -0.0171. The Balaban J connectivity index is 2.63. The molecule has 0 aliphatic rings. The molecular formula is C14H26N4O. The molecule has 0 unspecified atom stereocenters. The molecule has 1 aromatic rings. The molecule has 108 valence electrons. The normalized spacial score (nSPS) is 10.6. The Labute approximate surface area is 116 Å². The molecule has 0 saturated carbocycles. The topological polar surface area (TPSA) is 50.2 Å². The molecule has 0 fully saturated rings. The Morgan fingerprint density at radius 1 is 1.37 bits per heavy atom. The van der Waals surface area contributed by atoms with Crippen molar-refractivity contribution in [2.75, 3.05) is 13.6 Å². The lowest BCUT2D eigenvalue weighted by atomic mass is 10.2. The first-order chi connectivity index (χ1) is 9.01. The van der Waals surface area contributed by atoms with Gasteiger partial charge in [0.2, 0.25) is 0 Å². The van der Waals surface area contributed by atoms with Gasteiger partial charge in [0.25, 0.3) is 0 Å². The molecule has 1 aromatic heterocycles. The third kappa shape index (κ3) is 3.98. The Hall–Kier alpha value is -1.52. The van der Waals surface area contributed by atoms with Gasteiger partial charge in [0.05, 0.1) is 12.2 Å². The molecule has 0 aromatic carbocycles. The van der Waals surface area contributed by atoms with Gasteiger partial charge in [-0.1, -0.05) is 13.3 Å². The van der Waals surface area contributed by atoms with E-state index in [2.05, 4.69) is 31.2 Å². The Bertz CT molecular complexity index is 425. The monoisotopic (exact) mass is 266 g/mol. The number of hydrogen-bond acceptors (Lipinski definition) is 2. The molecule has 5 heteroatoms. The van der Waals surface area contributed by atoms with Gasteiger partial charge in [-0.3, -0.25) is 4.68 Å². The SMILES string of the molecule is CCCCNC(=O)N(C)Cc1c(C)nn(CC)c1C. The minimum atomic E-state index is -0.0171. The zero-order chi connectivity index (χ0) is 14.4. The molecule has 0 atom stereocenters. The second kappa shape index (κ2) is 7.16. The Kier molecular flexibility index (Phi) is 5.86. The first-order valence-corrected chi connectivity index (χ1v) is 7.03. The highest BCUT2D eigenvalue weighted by molar-refractivity contribution is 5.73. The maximum absolute atomic E-state index is 11.9. The smallest absolute Gasteiger partial charge is 0.317 e. The van der Waals surface area contributed by atoms with Crippen molar-refractivity contribution in [3.8, 4) is 0 Å². The lowest BCUT2D eigenvalue weighted by Gasteiger charge is -2.18. The minimum Gasteiger partial charge on any atom is -0.338 e. The van der Waals surface area contributed by atoms with Crippen LogP contribution >= 0.6 is 0 Å². The minimum absolute atomic E-state index is 0.0171. The van der Waals surface area contributed by atoms with Gasteiger partial charge in [-0.2, -0.15) is 5.10 Å². The zero-order valence-corrected chi connectivity index (χ0v) is 12.8. The quantitative estimate of drug-likeness (QED) is 0.804. The van der Waals surface area contributed by atoms with Crippen LogP contribution in [-0.2, 0) is 13.1 Å². The van der Waals surface area contributed by atoms with Crippen LogP contribution in [0.15, 0.2) is 0 Å². The third-order valence-electron chi connectivity index (χ3n) is 3.38. The van der Waals surface area contributed by atoms with Gasteiger partial charge in [-0.15, -0.1) is 0 Å². The second-order valence-corrected chi connectivity index (χ2v) is 4.91. The molecular weight excluding hydrogens is 240 g/mol. The van der Waals surface area contributed by atoms with Crippen molar-refractivity contribution in [2.45, 2.75) is 53.6 Å². The van der Waals surface area contributed by atoms with Crippen LogP contribution in [0.4, 0.5) is 4.79 Å². The summed E-state index contributed by atoms with van der Waals surface area (Å²) in [5.41, 5.74) is 3.30. The predicted molar refractivity (Wildman–Crippen MR) is 77.1 cm³/mol. The molecule has 0 saturated heterocycles. The van der Waals surface area contributed by atoms with E-state index in [-0.39, 0.29) is 6.03 Å². The number of aryl methyl sites for hydroxylation is 2. The largest absolute Gasteiger partial charge is 0.338 e. The fourth-order valence-corrected chi connectivity index (χ4v) is 2.09. The van der Waals surface area contributed by atoms with Gasteiger partial charge in [0, 0.05) is 31.4 Å². The van der Waals surface area contributed by atoms with E-state index in [1.54, 1.807) is 4.90 Å². The lowest BCUT2D eigenvalue weighted by Crippen LogP contribution is -2.37. The Morgan fingerprint density at radius 3 is 2.58 bits per heavy atom. The molecule has 1 heterocycles. The van der Waals surface area contributed by atoms with Crippen molar-refractivity contribution >= 4 is 6.03 Å². The van der Waals surface area contributed by atoms with Crippen LogP contribution in [0.3, 0.4) is 0 Å². The summed E-state index contributed by atoms with van der Waals surface area (Å²) in [5.74, 6) is 0. The van der Waals surface area contributed by atoms with Crippen LogP contribution in [0.25, 0.3) is 0 Å². The lowest BCUT2D eigenvalue weighted by molar-refractivity contribution is 0.206. The molecule has 0 aliphatic heterocycles. The standard InChI is InChI=1S/C14H26N4O/c1-6-8-9-15-14(19)17(5)10-13-11(3)16-18(7-2)12(13)4/h6-10H2,1-5H3,(H,15,19). The third-order valence-corrected chi connectivity index (χ3v) is 3.38. The first kappa shape index (κ1) is 15.5. The zero-order valence-electron chi connectivity index (χ0n) is 12.8. The van der Waals surface area contributed by atoms with E-state index in [1.807, 2.05) is 18.7 Å². The summed E-state index contributed by atoms with van der Waals surface area (Å²) >= 11 is 0. The van der Waals surface area contributed by atoms with E-state index in [4.69, 9.17) is 0 Å². The van der Waals surface area contributed by atoms with Gasteiger partial charge < -0.3 is 10.2 Å². The maximum Gasteiger partial charge on any atom is 0.317 e. The van der Waals surface area contributed by atoms with Gasteiger partial charge in [0.15, 0.2) is 0 Å². The van der Waals surface area contributed by atoms with Crippen molar-refractivity contribution in [1.29, 1.82) is 0 Å². The van der Waals surface area contributed by atoms with Crippen LogP contribution < -0.4 is 5.32 Å². The van der Waals surface area contributed by atoms with Crippen molar-refractivity contribution in [3.05, 3.63) is 17.0 Å². The van der Waals surface area contributed by atoms with Gasteiger partial charge in [-0.25, -0.2) is 4.79 Å². The van der Waals surface area contributed by atoms with E-state index in [9.17, 15) is 4.79 Å². The molecule has 1 rings (SSSR count). The van der Waals surface area contributed by atoms with E-state index in [0.717, 1.165) is 42.9 Å². The van der Waals surface area contributed by atoms with Crippen LogP contribution in [0.5, 0.6) is 0 Å². The highest BCUT2D eigenvalue weighted by Gasteiger charge is 2.15. The summed E-state index contributed by atoms with van der Waals surface area (Å²) in [6.07, 6.45) is 2.11. The van der Waals surface area contributed by atoms with Crippen molar-refractivity contribution in [1.82, 2.24) is 20.0 Å². The van der Waals surface area contributed by atoms with Crippen LogP contribution in [0.2, 0.25) is 0 Å². The number of aromatic nitrogens is 2. The fourth-order valence-electron chi connectivity index (χ4n) is 2.09. The molecule has 0 aliphatic carbocycles. The maximum atomic E-state index is 11.9. The first-order valence-electron chi connectivity index (χ1n) is 7.03. The molecule has 5 nitrogen and oxygen atoms in total. The van der Waals surface area contributed by atoms with E-state index < -0.39 is 0 Å². The van der Waals surface area contributed by atoms with Gasteiger partial charge >= 0.3 is 6.03 Å². The van der Waals surface area contributed by atoms with E-state index >= 15 is 0 Å². The number of nitrogens with zero attached hydrogens (tertiary/aromatic N) is 3. The number of nitrogens with one attached hydrogen (secondary N) is 1. The van der Waals surface area contributed by atoms with Crippen molar-refractivity contribution in [2.24, 2.45) is 0 Å². The van der Waals surface area contributed by atoms with Crippen LogP contribution in [-0.4, -0.2) is 34.3 Å². The highest BCUT2D eigenvalue weighted by atomic mass is 16.2. The molecule has 0 radical (unpaired) electrons. The summed E-state index contributed by atoms with van der Waals surface area (Å²) < 4.78 is 1.98. The number of amides is 2. The van der Waals surface area contributed by atoms with Crippen LogP contribution in [0.1, 0.15) is 43.6 Å². The number of hydrogen-bond donors (Lipinski definition) is 1. The average Bonchev–Trinajstić information content (AvgIpc) is 2.66. The van der Waals surface area contributed by atoms with Gasteiger partial charge in [0.1, 0.15) is 0 Å². The van der Waals surface area contributed by atoms with Crippen molar-refractivity contribution < 1.29 is 4.79 Å². The van der Waals surface area contributed by atoms with Gasteiger partial charge in [-0.05, 0) is 27.2 Å². The number of rotatable bonds is 6. The summed E-state index contributed by atoms with van der Waals surface area (Å²) in [6.45, 7) is 10.5. The highest BCUT2D eigenvalue weighted by Crippen LogP contribution is 2.14. The van der Waals surface area contributed by atoms with Crippen molar-refractivity contribution in [3.63, 3.8) is 0 Å². The average molecular weight is 266 g/mol. The predicted octanol–water partition coefficient (Wildman–Crippen LogP) is 2.46. The molecule has 0 bridgehead atoms. The molecule has 2 amide bonds. The number of urea groups is 1. The van der Waals surface area contributed by atoms with E-state index in [0.29, 0.717) is 6.54 Å².